The number of nitrogens with two attached hydrogens (primary N) is 1. The number of benzene rings is 1. The van der Waals surface area contributed by atoms with Gasteiger partial charge in [0.1, 0.15) is 0 Å². The molecule has 0 unspecified atom stereocenters. The molecule has 0 saturated heterocycles. The monoisotopic (exact) mass is 248 g/mol. The van der Waals surface area contributed by atoms with Crippen LogP contribution in [-0.4, -0.2) is 0 Å². The van der Waals surface area contributed by atoms with Gasteiger partial charge < -0.3 is 0 Å². The highest BCUT2D eigenvalue weighted by molar-refractivity contribution is 5.24. The molecule has 2 heteroatoms. The average Bonchev–Trinajstić information content (AvgIpc) is 2.42. The molecule has 0 aromatic heterocycles. The van der Waals surface area contributed by atoms with Gasteiger partial charge in [-0.3, -0.25) is 11.3 Å². The van der Waals surface area contributed by atoms with Gasteiger partial charge in [0.05, 0.1) is 0 Å². The third-order valence-corrected chi connectivity index (χ3v) is 3.55. The lowest BCUT2D eigenvalue weighted by Gasteiger charge is -2.10. The lowest BCUT2D eigenvalue weighted by molar-refractivity contribution is 0.600. The molecule has 0 radical (unpaired) electrons. The van der Waals surface area contributed by atoms with Gasteiger partial charge in [-0.1, -0.05) is 63.3 Å². The molecule has 0 aliphatic heterocycles. The minimum atomic E-state index is 0.230. The molecule has 102 valence electrons. The first-order valence-corrected chi connectivity index (χ1v) is 7.33. The van der Waals surface area contributed by atoms with E-state index >= 15 is 0 Å². The zero-order chi connectivity index (χ0) is 13.2. The maximum Gasteiger partial charge on any atom is 0.0431 e. The molecule has 3 N–H and O–H groups in total. The predicted molar refractivity (Wildman–Crippen MR) is 79.3 cm³/mol. The second kappa shape index (κ2) is 9.12. The fourth-order valence-electron chi connectivity index (χ4n) is 2.18. The van der Waals surface area contributed by atoms with E-state index in [1.165, 1.54) is 56.1 Å². The van der Waals surface area contributed by atoms with E-state index in [2.05, 4.69) is 43.5 Å². The van der Waals surface area contributed by atoms with Crippen LogP contribution in [0.3, 0.4) is 0 Å². The van der Waals surface area contributed by atoms with Gasteiger partial charge in [0, 0.05) is 6.04 Å². The van der Waals surface area contributed by atoms with Crippen molar-refractivity contribution in [3.05, 3.63) is 35.4 Å². The number of rotatable bonds is 9. The van der Waals surface area contributed by atoms with Crippen molar-refractivity contribution in [3.63, 3.8) is 0 Å². The van der Waals surface area contributed by atoms with Crippen LogP contribution in [0.1, 0.15) is 69.5 Å². The lowest BCUT2D eigenvalue weighted by Crippen LogP contribution is -2.25. The van der Waals surface area contributed by atoms with Crippen LogP contribution in [0.15, 0.2) is 24.3 Å². The molecule has 0 aliphatic rings. The maximum absolute atomic E-state index is 5.43. The Labute approximate surface area is 112 Å². The number of hydrogen-bond donors (Lipinski definition) is 2. The van der Waals surface area contributed by atoms with E-state index in [-0.39, 0.29) is 6.04 Å². The van der Waals surface area contributed by atoms with E-state index in [1.54, 1.807) is 0 Å². The summed E-state index contributed by atoms with van der Waals surface area (Å²) in [6, 6.07) is 9.05. The summed E-state index contributed by atoms with van der Waals surface area (Å²) in [5, 5.41) is 0. The second-order valence-corrected chi connectivity index (χ2v) is 5.15. The van der Waals surface area contributed by atoms with Gasteiger partial charge in [0.25, 0.3) is 0 Å². The van der Waals surface area contributed by atoms with Gasteiger partial charge in [0.2, 0.25) is 0 Å². The Kier molecular flexibility index (Phi) is 7.70. The van der Waals surface area contributed by atoms with E-state index < -0.39 is 0 Å². The van der Waals surface area contributed by atoms with Crippen LogP contribution in [0.25, 0.3) is 0 Å². The Balaban J connectivity index is 2.22. The topological polar surface area (TPSA) is 38.0 Å². The molecule has 0 saturated carbocycles. The molecular weight excluding hydrogens is 220 g/mol. The molecule has 0 heterocycles. The van der Waals surface area contributed by atoms with Crippen molar-refractivity contribution >= 4 is 0 Å². The van der Waals surface area contributed by atoms with Crippen LogP contribution in [-0.2, 0) is 6.42 Å². The molecule has 1 rings (SSSR count). The summed E-state index contributed by atoms with van der Waals surface area (Å²) in [4.78, 5) is 0. The molecule has 0 spiro atoms. The lowest BCUT2D eigenvalue weighted by atomic mass is 10.0. The van der Waals surface area contributed by atoms with Crippen molar-refractivity contribution in [2.24, 2.45) is 5.84 Å². The summed E-state index contributed by atoms with van der Waals surface area (Å²) in [6.07, 6.45) is 9.38. The van der Waals surface area contributed by atoms with E-state index in [0.717, 1.165) is 0 Å². The summed E-state index contributed by atoms with van der Waals surface area (Å²) in [7, 11) is 0. The van der Waals surface area contributed by atoms with Crippen LogP contribution < -0.4 is 11.3 Å². The van der Waals surface area contributed by atoms with Crippen molar-refractivity contribution in [1.29, 1.82) is 0 Å². The summed E-state index contributed by atoms with van der Waals surface area (Å²) in [5.41, 5.74) is 5.47. The molecule has 1 aromatic carbocycles. The van der Waals surface area contributed by atoms with E-state index in [1.807, 2.05) is 0 Å². The van der Waals surface area contributed by atoms with Crippen molar-refractivity contribution in [2.75, 3.05) is 0 Å². The number of unbranched alkanes of at least 4 members (excludes halogenated alkanes) is 5. The molecule has 2 nitrogen and oxygen atoms in total. The third-order valence-electron chi connectivity index (χ3n) is 3.55. The molecule has 1 atom stereocenters. The summed E-state index contributed by atoms with van der Waals surface area (Å²) >= 11 is 0. The highest BCUT2D eigenvalue weighted by Crippen LogP contribution is 2.14. The zero-order valence-electron chi connectivity index (χ0n) is 11.9. The number of hydrogen-bond acceptors (Lipinski definition) is 2. The Hall–Kier alpha value is -0.860. The van der Waals surface area contributed by atoms with Crippen LogP contribution in [0.5, 0.6) is 0 Å². The molecule has 0 amide bonds. The summed E-state index contributed by atoms with van der Waals surface area (Å²) in [6.45, 7) is 4.33. The average molecular weight is 248 g/mol. The fraction of sp³-hybridized carbons (Fsp3) is 0.625. The number of aryl methyl sites for hydroxylation is 1. The van der Waals surface area contributed by atoms with Gasteiger partial charge in [-0.15, -0.1) is 0 Å². The van der Waals surface area contributed by atoms with Crippen molar-refractivity contribution in [2.45, 2.75) is 64.8 Å². The normalized spacial score (nSPS) is 12.6. The summed E-state index contributed by atoms with van der Waals surface area (Å²) < 4.78 is 0. The highest BCUT2D eigenvalue weighted by Gasteiger charge is 2.02. The first kappa shape index (κ1) is 15.2. The van der Waals surface area contributed by atoms with Gasteiger partial charge in [-0.2, -0.15) is 0 Å². The molecular formula is C16H28N2. The number of hydrazine groups is 1. The van der Waals surface area contributed by atoms with Crippen molar-refractivity contribution < 1.29 is 0 Å². The molecule has 0 fully saturated rings. The van der Waals surface area contributed by atoms with E-state index in [9.17, 15) is 0 Å². The summed E-state index contributed by atoms with van der Waals surface area (Å²) in [5.74, 6) is 5.43. The standard InChI is InChI=1S/C16H28N2/c1-3-4-5-6-7-8-9-15-10-12-16(13-11-15)14(2)18-17/h10-14,18H,3-9,17H2,1-2H3/t14-/m1/s1. The number of nitrogens with one attached hydrogen (secondary N) is 1. The van der Waals surface area contributed by atoms with Crippen LogP contribution in [0, 0.1) is 0 Å². The predicted octanol–water partition coefficient (Wildman–Crippen LogP) is 4.11. The highest BCUT2D eigenvalue weighted by atomic mass is 15.2. The largest absolute Gasteiger partial charge is 0.271 e. The van der Waals surface area contributed by atoms with Crippen LogP contribution in [0.4, 0.5) is 0 Å². The zero-order valence-corrected chi connectivity index (χ0v) is 11.9. The van der Waals surface area contributed by atoms with Gasteiger partial charge in [-0.05, 0) is 30.9 Å². The van der Waals surface area contributed by atoms with Gasteiger partial charge in [-0.25, -0.2) is 0 Å². The van der Waals surface area contributed by atoms with Crippen molar-refractivity contribution in [3.8, 4) is 0 Å². The molecule has 1 aromatic rings. The Morgan fingerprint density at radius 1 is 1.00 bits per heavy atom. The van der Waals surface area contributed by atoms with Crippen LogP contribution >= 0.6 is 0 Å². The third kappa shape index (κ3) is 5.65. The van der Waals surface area contributed by atoms with Gasteiger partial charge in [0.15, 0.2) is 0 Å². The second-order valence-electron chi connectivity index (χ2n) is 5.15. The molecule has 18 heavy (non-hydrogen) atoms. The smallest absolute Gasteiger partial charge is 0.0431 e. The Morgan fingerprint density at radius 3 is 2.22 bits per heavy atom. The minimum absolute atomic E-state index is 0.230. The van der Waals surface area contributed by atoms with Gasteiger partial charge >= 0.3 is 0 Å². The Morgan fingerprint density at radius 2 is 1.61 bits per heavy atom. The maximum atomic E-state index is 5.43. The first-order valence-electron chi connectivity index (χ1n) is 7.33. The SMILES string of the molecule is CCCCCCCCc1ccc([C@@H](C)NN)cc1. The molecule has 0 bridgehead atoms. The minimum Gasteiger partial charge on any atom is -0.271 e. The fourth-order valence-corrected chi connectivity index (χ4v) is 2.18. The molecule has 0 aliphatic carbocycles. The quantitative estimate of drug-likeness (QED) is 0.392. The van der Waals surface area contributed by atoms with E-state index in [0.29, 0.717) is 0 Å². The van der Waals surface area contributed by atoms with Crippen LogP contribution in [0.2, 0.25) is 0 Å². The van der Waals surface area contributed by atoms with Crippen molar-refractivity contribution in [1.82, 2.24) is 5.43 Å². The Bertz CT molecular complexity index is 305. The first-order chi connectivity index (χ1) is 8.77. The van der Waals surface area contributed by atoms with E-state index in [4.69, 9.17) is 5.84 Å².